The Morgan fingerprint density at radius 3 is 2.83 bits per heavy atom. The van der Waals surface area contributed by atoms with Crippen molar-refractivity contribution in [2.75, 3.05) is 32.5 Å². The van der Waals surface area contributed by atoms with Crippen LogP contribution < -0.4 is 14.8 Å². The summed E-state index contributed by atoms with van der Waals surface area (Å²) in [4.78, 5) is 12.3. The third-order valence-electron chi connectivity index (χ3n) is 4.30. The SMILES string of the molecule is CS(=O)(=O)N1CCC[C@@H](C(=O)NC[C@H]2COc3ccccc3O2)C1. The van der Waals surface area contributed by atoms with E-state index in [0.29, 0.717) is 44.0 Å². The fourth-order valence-electron chi connectivity index (χ4n) is 2.98. The smallest absolute Gasteiger partial charge is 0.224 e. The summed E-state index contributed by atoms with van der Waals surface area (Å²) in [6.07, 6.45) is 2.32. The molecule has 0 aromatic heterocycles. The van der Waals surface area contributed by atoms with Gasteiger partial charge in [-0.2, -0.15) is 0 Å². The second-order valence-corrected chi connectivity index (χ2v) is 8.19. The molecule has 0 bridgehead atoms. The minimum atomic E-state index is -3.25. The van der Waals surface area contributed by atoms with Crippen molar-refractivity contribution in [1.82, 2.24) is 9.62 Å². The molecule has 2 atom stereocenters. The number of ether oxygens (including phenoxy) is 2. The minimum absolute atomic E-state index is 0.134. The van der Waals surface area contributed by atoms with Gasteiger partial charge in [0.15, 0.2) is 11.5 Å². The molecule has 0 radical (unpaired) electrons. The van der Waals surface area contributed by atoms with Crippen LogP contribution in [0.15, 0.2) is 24.3 Å². The van der Waals surface area contributed by atoms with E-state index in [1.807, 2.05) is 24.3 Å². The summed E-state index contributed by atoms with van der Waals surface area (Å²) in [5.41, 5.74) is 0. The monoisotopic (exact) mass is 354 g/mol. The lowest BCUT2D eigenvalue weighted by Gasteiger charge is -2.31. The van der Waals surface area contributed by atoms with Crippen LogP contribution in [0.5, 0.6) is 11.5 Å². The van der Waals surface area contributed by atoms with Crippen LogP contribution >= 0.6 is 0 Å². The Kier molecular flexibility index (Phi) is 4.96. The molecule has 132 valence electrons. The number of benzene rings is 1. The van der Waals surface area contributed by atoms with Gasteiger partial charge in [0, 0.05) is 13.1 Å². The zero-order valence-electron chi connectivity index (χ0n) is 13.6. The number of nitrogens with one attached hydrogen (secondary N) is 1. The van der Waals surface area contributed by atoms with Crippen LogP contribution in [0.3, 0.4) is 0 Å². The molecule has 2 aliphatic heterocycles. The van der Waals surface area contributed by atoms with Gasteiger partial charge in [-0.15, -0.1) is 0 Å². The zero-order valence-corrected chi connectivity index (χ0v) is 14.4. The fraction of sp³-hybridized carbons (Fsp3) is 0.562. The van der Waals surface area contributed by atoms with Crippen LogP contribution in [0, 0.1) is 5.92 Å². The summed E-state index contributed by atoms with van der Waals surface area (Å²) in [6.45, 7) is 1.44. The van der Waals surface area contributed by atoms with Crippen LogP contribution in [-0.4, -0.2) is 57.2 Å². The van der Waals surface area contributed by atoms with Gasteiger partial charge in [-0.05, 0) is 25.0 Å². The standard InChI is InChI=1S/C16H22N2O5S/c1-24(20,21)18-8-4-5-12(10-18)16(19)17-9-13-11-22-14-6-2-3-7-15(14)23-13/h2-3,6-7,12-13H,4-5,8-11H2,1H3,(H,17,19)/t12-,13+/m1/s1. The molecule has 1 N–H and O–H groups in total. The topological polar surface area (TPSA) is 84.9 Å². The third-order valence-corrected chi connectivity index (χ3v) is 5.57. The first-order valence-electron chi connectivity index (χ1n) is 8.05. The zero-order chi connectivity index (χ0) is 17.2. The number of amides is 1. The van der Waals surface area contributed by atoms with Gasteiger partial charge in [-0.25, -0.2) is 12.7 Å². The molecule has 24 heavy (non-hydrogen) atoms. The number of para-hydroxylation sites is 2. The number of piperidine rings is 1. The molecule has 1 aromatic carbocycles. The van der Waals surface area contributed by atoms with Crippen molar-refractivity contribution >= 4 is 15.9 Å². The van der Waals surface area contributed by atoms with E-state index >= 15 is 0 Å². The van der Waals surface area contributed by atoms with Crippen molar-refractivity contribution < 1.29 is 22.7 Å². The van der Waals surface area contributed by atoms with E-state index in [1.54, 1.807) is 0 Å². The molecule has 0 aliphatic carbocycles. The molecule has 0 saturated carbocycles. The second-order valence-electron chi connectivity index (χ2n) is 6.20. The van der Waals surface area contributed by atoms with E-state index < -0.39 is 10.0 Å². The molecule has 1 fully saturated rings. The first kappa shape index (κ1) is 17.0. The van der Waals surface area contributed by atoms with Crippen molar-refractivity contribution in [1.29, 1.82) is 0 Å². The van der Waals surface area contributed by atoms with E-state index in [4.69, 9.17) is 9.47 Å². The molecular weight excluding hydrogens is 332 g/mol. The first-order chi connectivity index (χ1) is 11.4. The highest BCUT2D eigenvalue weighted by molar-refractivity contribution is 7.88. The van der Waals surface area contributed by atoms with E-state index in [0.717, 1.165) is 0 Å². The quantitative estimate of drug-likeness (QED) is 0.857. The Hall–Kier alpha value is -1.80. The number of rotatable bonds is 4. The van der Waals surface area contributed by atoms with Crippen LogP contribution in [0.25, 0.3) is 0 Å². The van der Waals surface area contributed by atoms with Crippen molar-refractivity contribution in [2.24, 2.45) is 5.92 Å². The van der Waals surface area contributed by atoms with Gasteiger partial charge in [0.2, 0.25) is 15.9 Å². The number of nitrogens with zero attached hydrogens (tertiary/aromatic N) is 1. The van der Waals surface area contributed by atoms with Crippen molar-refractivity contribution in [3.05, 3.63) is 24.3 Å². The molecule has 2 aliphatic rings. The molecule has 3 rings (SSSR count). The van der Waals surface area contributed by atoms with Crippen LogP contribution in [0.2, 0.25) is 0 Å². The highest BCUT2D eigenvalue weighted by Crippen LogP contribution is 2.30. The van der Waals surface area contributed by atoms with E-state index in [9.17, 15) is 13.2 Å². The van der Waals surface area contributed by atoms with Gasteiger partial charge in [0.1, 0.15) is 12.7 Å². The Morgan fingerprint density at radius 1 is 1.33 bits per heavy atom. The van der Waals surface area contributed by atoms with Crippen LogP contribution in [0.1, 0.15) is 12.8 Å². The lowest BCUT2D eigenvalue weighted by molar-refractivity contribution is -0.126. The summed E-state index contributed by atoms with van der Waals surface area (Å²) < 4.78 is 36.1. The van der Waals surface area contributed by atoms with E-state index in [-0.39, 0.29) is 24.5 Å². The summed E-state index contributed by atoms with van der Waals surface area (Å²) in [7, 11) is -3.25. The summed E-state index contributed by atoms with van der Waals surface area (Å²) in [6, 6.07) is 7.41. The Morgan fingerprint density at radius 2 is 2.08 bits per heavy atom. The van der Waals surface area contributed by atoms with Gasteiger partial charge < -0.3 is 14.8 Å². The number of sulfonamides is 1. The van der Waals surface area contributed by atoms with Crippen molar-refractivity contribution in [3.63, 3.8) is 0 Å². The Labute approximate surface area is 142 Å². The van der Waals surface area contributed by atoms with Crippen LogP contribution in [-0.2, 0) is 14.8 Å². The number of hydrogen-bond acceptors (Lipinski definition) is 5. The minimum Gasteiger partial charge on any atom is -0.486 e. The van der Waals surface area contributed by atoms with E-state index in [1.165, 1.54) is 10.6 Å². The Bertz CT molecular complexity index is 706. The number of carbonyl (C=O) groups is 1. The predicted molar refractivity (Wildman–Crippen MR) is 88.5 cm³/mol. The van der Waals surface area contributed by atoms with Gasteiger partial charge >= 0.3 is 0 Å². The molecule has 2 heterocycles. The summed E-state index contributed by atoms with van der Waals surface area (Å²) in [5, 5.41) is 2.86. The van der Waals surface area contributed by atoms with E-state index in [2.05, 4.69) is 5.32 Å². The summed E-state index contributed by atoms with van der Waals surface area (Å²) >= 11 is 0. The lowest BCUT2D eigenvalue weighted by atomic mass is 9.99. The van der Waals surface area contributed by atoms with Gasteiger partial charge in [-0.1, -0.05) is 12.1 Å². The molecule has 8 heteroatoms. The van der Waals surface area contributed by atoms with Gasteiger partial charge in [-0.3, -0.25) is 4.79 Å². The average Bonchev–Trinajstić information content (AvgIpc) is 2.59. The fourth-order valence-corrected chi connectivity index (χ4v) is 3.89. The highest BCUT2D eigenvalue weighted by atomic mass is 32.2. The number of fused-ring (bicyclic) bond motifs is 1. The second kappa shape index (κ2) is 6.98. The predicted octanol–water partition coefficient (Wildman–Crippen LogP) is 0.614. The van der Waals surface area contributed by atoms with Crippen molar-refractivity contribution in [2.45, 2.75) is 18.9 Å². The molecule has 1 amide bonds. The third kappa shape index (κ3) is 3.99. The maximum absolute atomic E-state index is 12.3. The molecular formula is C16H22N2O5S. The van der Waals surface area contributed by atoms with Gasteiger partial charge in [0.25, 0.3) is 0 Å². The molecule has 0 spiro atoms. The average molecular weight is 354 g/mol. The number of hydrogen-bond donors (Lipinski definition) is 1. The summed E-state index contributed by atoms with van der Waals surface area (Å²) in [5.74, 6) is 0.927. The van der Waals surface area contributed by atoms with Gasteiger partial charge in [0.05, 0.1) is 18.7 Å². The molecule has 0 unspecified atom stereocenters. The van der Waals surface area contributed by atoms with Crippen molar-refractivity contribution in [3.8, 4) is 11.5 Å². The normalized spacial score (nSPS) is 24.4. The number of carbonyl (C=O) groups excluding carboxylic acids is 1. The maximum Gasteiger partial charge on any atom is 0.224 e. The molecule has 1 saturated heterocycles. The first-order valence-corrected chi connectivity index (χ1v) is 9.89. The lowest BCUT2D eigenvalue weighted by Crippen LogP contribution is -2.47. The highest BCUT2D eigenvalue weighted by Gasteiger charge is 2.30. The molecule has 7 nitrogen and oxygen atoms in total. The largest absolute Gasteiger partial charge is 0.486 e. The molecule has 1 aromatic rings. The Balaban J connectivity index is 1.51. The maximum atomic E-state index is 12.3. The van der Waals surface area contributed by atoms with Crippen LogP contribution in [0.4, 0.5) is 0 Å².